The molecule has 0 spiro atoms. The van der Waals surface area contributed by atoms with Crippen molar-refractivity contribution in [1.29, 1.82) is 0 Å². The highest BCUT2D eigenvalue weighted by molar-refractivity contribution is 5.90. The molecule has 108 valence electrons. The van der Waals surface area contributed by atoms with Crippen LogP contribution in [0.3, 0.4) is 0 Å². The molecule has 1 aromatic carbocycles. The summed E-state index contributed by atoms with van der Waals surface area (Å²) in [7, 11) is 0. The summed E-state index contributed by atoms with van der Waals surface area (Å²) in [6.45, 7) is 1.89. The molecule has 0 amide bonds. The number of hydrogen-bond acceptors (Lipinski definition) is 4. The highest BCUT2D eigenvalue weighted by Crippen LogP contribution is 2.34. The number of halogens is 1. The fourth-order valence-electron chi connectivity index (χ4n) is 2.30. The molecule has 1 fully saturated rings. The zero-order valence-corrected chi connectivity index (χ0v) is 10.9. The van der Waals surface area contributed by atoms with Crippen molar-refractivity contribution >= 4 is 17.3 Å². The number of hydrogen-bond donors (Lipinski definition) is 2. The molecule has 6 nitrogen and oxygen atoms in total. The van der Waals surface area contributed by atoms with E-state index in [4.69, 9.17) is 5.11 Å². The van der Waals surface area contributed by atoms with Crippen molar-refractivity contribution in [3.8, 4) is 0 Å². The first-order valence-corrected chi connectivity index (χ1v) is 6.38. The van der Waals surface area contributed by atoms with Crippen molar-refractivity contribution in [1.82, 2.24) is 0 Å². The van der Waals surface area contributed by atoms with Gasteiger partial charge in [-0.1, -0.05) is 6.42 Å². The molecule has 1 aliphatic carbocycles. The first-order chi connectivity index (χ1) is 9.40. The molecule has 0 heterocycles. The highest BCUT2D eigenvalue weighted by atomic mass is 19.1. The quantitative estimate of drug-likeness (QED) is 0.639. The minimum absolute atomic E-state index is 0.0189. The van der Waals surface area contributed by atoms with Gasteiger partial charge >= 0.3 is 5.97 Å². The number of nitrogens with zero attached hydrogens (tertiary/aromatic N) is 1. The molecule has 1 saturated carbocycles. The molecule has 0 aromatic heterocycles. The minimum atomic E-state index is -1.45. The Morgan fingerprint density at radius 2 is 2.20 bits per heavy atom. The number of aromatic carboxylic acids is 1. The summed E-state index contributed by atoms with van der Waals surface area (Å²) in [5.41, 5.74) is -0.967. The predicted octanol–water partition coefficient (Wildman–Crippen LogP) is 3.03. The molecule has 0 aliphatic heterocycles. The van der Waals surface area contributed by atoms with Gasteiger partial charge in [0.15, 0.2) is 0 Å². The van der Waals surface area contributed by atoms with Crippen molar-refractivity contribution < 1.29 is 19.2 Å². The number of benzene rings is 1. The number of carbonyl (C=O) groups is 1. The van der Waals surface area contributed by atoms with Gasteiger partial charge in [0.1, 0.15) is 11.5 Å². The Kier molecular flexibility index (Phi) is 3.87. The third-order valence-corrected chi connectivity index (χ3v) is 3.75. The summed E-state index contributed by atoms with van der Waals surface area (Å²) in [5.74, 6) is -2.14. The van der Waals surface area contributed by atoms with Gasteiger partial charge < -0.3 is 10.4 Å². The summed E-state index contributed by atoms with van der Waals surface area (Å²) in [5, 5.41) is 22.8. The number of rotatable bonds is 5. The van der Waals surface area contributed by atoms with Gasteiger partial charge in [-0.2, -0.15) is 0 Å². The van der Waals surface area contributed by atoms with Crippen molar-refractivity contribution in [3.05, 3.63) is 33.6 Å². The Balaban J connectivity index is 2.34. The Hall–Kier alpha value is -2.18. The van der Waals surface area contributed by atoms with E-state index in [0.29, 0.717) is 12.0 Å². The molecular formula is C13H15FN2O4. The van der Waals surface area contributed by atoms with E-state index in [-0.39, 0.29) is 11.7 Å². The van der Waals surface area contributed by atoms with Crippen LogP contribution in [0, 0.1) is 21.8 Å². The van der Waals surface area contributed by atoms with Crippen molar-refractivity contribution in [3.63, 3.8) is 0 Å². The Morgan fingerprint density at radius 1 is 1.55 bits per heavy atom. The molecule has 1 unspecified atom stereocenters. The second kappa shape index (κ2) is 5.44. The lowest BCUT2D eigenvalue weighted by Gasteiger charge is -2.32. The summed E-state index contributed by atoms with van der Waals surface area (Å²) in [6, 6.07) is 1.62. The SMILES string of the molecule is CC(Nc1cc(C(=O)O)c(F)cc1[N+](=O)[O-])C1CCC1. The predicted molar refractivity (Wildman–Crippen MR) is 70.4 cm³/mol. The molecule has 0 radical (unpaired) electrons. The lowest BCUT2D eigenvalue weighted by atomic mass is 9.80. The van der Waals surface area contributed by atoms with E-state index in [0.717, 1.165) is 25.3 Å². The normalized spacial score (nSPS) is 16.3. The standard InChI is InChI=1S/C13H15FN2O4/c1-7(8-3-2-4-8)15-11-5-9(13(17)18)10(14)6-12(11)16(19)20/h5-8,15H,2-4H2,1H3,(H,17,18). The molecule has 0 saturated heterocycles. The molecule has 2 N–H and O–H groups in total. The second-order valence-corrected chi connectivity index (χ2v) is 5.04. The molecule has 1 atom stereocenters. The van der Waals surface area contributed by atoms with E-state index in [9.17, 15) is 19.3 Å². The molecule has 1 aliphatic rings. The summed E-state index contributed by atoms with van der Waals surface area (Å²) in [4.78, 5) is 21.1. The van der Waals surface area contributed by atoms with Crippen LogP contribution in [0.2, 0.25) is 0 Å². The van der Waals surface area contributed by atoms with Crippen LogP contribution in [0.15, 0.2) is 12.1 Å². The average Bonchev–Trinajstić information content (AvgIpc) is 2.27. The van der Waals surface area contributed by atoms with Gasteiger partial charge in [-0.3, -0.25) is 10.1 Å². The van der Waals surface area contributed by atoms with Crippen LogP contribution in [0.1, 0.15) is 36.5 Å². The Bertz CT molecular complexity index is 558. The molecule has 20 heavy (non-hydrogen) atoms. The van der Waals surface area contributed by atoms with E-state index in [2.05, 4.69) is 5.32 Å². The van der Waals surface area contributed by atoms with Crippen LogP contribution < -0.4 is 5.32 Å². The van der Waals surface area contributed by atoms with E-state index in [1.54, 1.807) is 0 Å². The van der Waals surface area contributed by atoms with Crippen LogP contribution in [0.4, 0.5) is 15.8 Å². The summed E-state index contributed by atoms with van der Waals surface area (Å²) in [6.07, 6.45) is 3.20. The Labute approximate surface area is 114 Å². The molecule has 2 rings (SSSR count). The largest absolute Gasteiger partial charge is 0.478 e. The van der Waals surface area contributed by atoms with Crippen LogP contribution in [0.25, 0.3) is 0 Å². The van der Waals surface area contributed by atoms with E-state index in [1.807, 2.05) is 6.92 Å². The number of carboxylic acids is 1. The fraction of sp³-hybridized carbons (Fsp3) is 0.462. The molecular weight excluding hydrogens is 267 g/mol. The molecule has 7 heteroatoms. The van der Waals surface area contributed by atoms with Gasteiger partial charge in [-0.25, -0.2) is 9.18 Å². The van der Waals surface area contributed by atoms with Gasteiger partial charge in [0.25, 0.3) is 5.69 Å². The van der Waals surface area contributed by atoms with E-state index >= 15 is 0 Å². The van der Waals surface area contributed by atoms with Crippen LogP contribution in [-0.2, 0) is 0 Å². The zero-order valence-electron chi connectivity index (χ0n) is 10.9. The first kappa shape index (κ1) is 14.2. The maximum atomic E-state index is 13.5. The lowest BCUT2D eigenvalue weighted by molar-refractivity contribution is -0.384. The maximum Gasteiger partial charge on any atom is 0.338 e. The minimum Gasteiger partial charge on any atom is -0.478 e. The smallest absolute Gasteiger partial charge is 0.338 e. The van der Waals surface area contributed by atoms with E-state index in [1.165, 1.54) is 0 Å². The second-order valence-electron chi connectivity index (χ2n) is 5.04. The van der Waals surface area contributed by atoms with Gasteiger partial charge in [0.05, 0.1) is 16.6 Å². The van der Waals surface area contributed by atoms with E-state index < -0.39 is 28.0 Å². The van der Waals surface area contributed by atoms with Crippen molar-refractivity contribution in [2.75, 3.05) is 5.32 Å². The van der Waals surface area contributed by atoms with Gasteiger partial charge in [0.2, 0.25) is 0 Å². The van der Waals surface area contributed by atoms with Crippen LogP contribution in [-0.4, -0.2) is 22.0 Å². The number of nitro benzene ring substituents is 1. The zero-order chi connectivity index (χ0) is 14.9. The van der Waals surface area contributed by atoms with Gasteiger partial charge in [-0.15, -0.1) is 0 Å². The number of anilines is 1. The topological polar surface area (TPSA) is 92.5 Å². The highest BCUT2D eigenvalue weighted by Gasteiger charge is 2.27. The fourth-order valence-corrected chi connectivity index (χ4v) is 2.30. The van der Waals surface area contributed by atoms with Crippen LogP contribution in [0.5, 0.6) is 0 Å². The molecule has 1 aromatic rings. The third-order valence-electron chi connectivity index (χ3n) is 3.75. The maximum absolute atomic E-state index is 13.5. The van der Waals surface area contributed by atoms with Crippen molar-refractivity contribution in [2.45, 2.75) is 32.2 Å². The monoisotopic (exact) mass is 282 g/mol. The average molecular weight is 282 g/mol. The summed E-state index contributed by atoms with van der Waals surface area (Å²) >= 11 is 0. The van der Waals surface area contributed by atoms with Crippen LogP contribution >= 0.6 is 0 Å². The summed E-state index contributed by atoms with van der Waals surface area (Å²) < 4.78 is 13.5. The third kappa shape index (κ3) is 2.71. The lowest BCUT2D eigenvalue weighted by Crippen LogP contribution is -2.31. The number of carboxylic acid groups (broad SMARTS) is 1. The number of nitrogens with one attached hydrogen (secondary N) is 1. The Morgan fingerprint density at radius 3 is 2.65 bits per heavy atom. The van der Waals surface area contributed by atoms with Gasteiger partial charge in [-0.05, 0) is 31.7 Å². The first-order valence-electron chi connectivity index (χ1n) is 6.38. The molecule has 0 bridgehead atoms. The van der Waals surface area contributed by atoms with Crippen molar-refractivity contribution in [2.24, 2.45) is 5.92 Å². The number of nitro groups is 1. The van der Waals surface area contributed by atoms with Gasteiger partial charge in [0, 0.05) is 6.04 Å².